The van der Waals surface area contributed by atoms with Crippen LogP contribution in [0.3, 0.4) is 0 Å². The summed E-state index contributed by atoms with van der Waals surface area (Å²) >= 11 is 0. The number of hydrogen-bond donors (Lipinski definition) is 1. The Bertz CT molecular complexity index is 768. The largest absolute Gasteiger partial charge is 0.497 e. The summed E-state index contributed by atoms with van der Waals surface area (Å²) in [5.74, 6) is 0.825. The smallest absolute Gasteiger partial charge is 0.317 e. The molecular formula is C17H25N3O5S. The van der Waals surface area contributed by atoms with Gasteiger partial charge in [-0.05, 0) is 29.7 Å². The van der Waals surface area contributed by atoms with E-state index in [0.717, 1.165) is 17.7 Å². The Kier molecular flexibility index (Phi) is 5.69. The summed E-state index contributed by atoms with van der Waals surface area (Å²) in [6.07, 6.45) is 1.64. The minimum absolute atomic E-state index is 0.161. The lowest BCUT2D eigenvalue weighted by Crippen LogP contribution is -2.51. The lowest BCUT2D eigenvalue weighted by Gasteiger charge is -2.33. The summed E-state index contributed by atoms with van der Waals surface area (Å²) in [6, 6.07) is 5.74. The number of benzene rings is 1. The fourth-order valence-electron chi connectivity index (χ4n) is 3.26. The van der Waals surface area contributed by atoms with Crippen molar-refractivity contribution in [3.05, 3.63) is 29.3 Å². The number of sulfonamides is 1. The van der Waals surface area contributed by atoms with Gasteiger partial charge >= 0.3 is 6.03 Å². The number of nitrogens with zero attached hydrogens (tertiary/aromatic N) is 2. The molecule has 0 aromatic heterocycles. The van der Waals surface area contributed by atoms with E-state index in [4.69, 9.17) is 9.47 Å². The van der Waals surface area contributed by atoms with Gasteiger partial charge in [-0.25, -0.2) is 13.2 Å². The van der Waals surface area contributed by atoms with Gasteiger partial charge in [0.25, 0.3) is 0 Å². The summed E-state index contributed by atoms with van der Waals surface area (Å²) in [5, 5.41) is 2.86. The first-order valence-corrected chi connectivity index (χ1v) is 10.5. The summed E-state index contributed by atoms with van der Waals surface area (Å²) in [4.78, 5) is 14.2. The van der Waals surface area contributed by atoms with Crippen molar-refractivity contribution in [1.82, 2.24) is 14.5 Å². The summed E-state index contributed by atoms with van der Waals surface area (Å²) in [7, 11) is -1.60. The van der Waals surface area contributed by atoms with E-state index < -0.39 is 10.0 Å². The Balaban J connectivity index is 1.52. The monoisotopic (exact) mass is 383 g/mol. The molecule has 144 valence electrons. The molecule has 3 rings (SSSR count). The van der Waals surface area contributed by atoms with Crippen molar-refractivity contribution in [3.8, 4) is 5.75 Å². The molecule has 26 heavy (non-hydrogen) atoms. The molecule has 0 bridgehead atoms. The Morgan fingerprint density at radius 1 is 1.35 bits per heavy atom. The number of ether oxygens (including phenoxy) is 2. The molecule has 8 nitrogen and oxygen atoms in total. The number of nitrogens with one attached hydrogen (secondary N) is 1. The molecule has 2 amide bonds. The van der Waals surface area contributed by atoms with E-state index >= 15 is 0 Å². The highest BCUT2D eigenvalue weighted by Crippen LogP contribution is 2.23. The summed E-state index contributed by atoms with van der Waals surface area (Å²) in [5.41, 5.74) is 2.32. The molecule has 2 aliphatic rings. The lowest BCUT2D eigenvalue weighted by atomic mass is 10.00. The van der Waals surface area contributed by atoms with Crippen LogP contribution in [0, 0.1) is 0 Å². The van der Waals surface area contributed by atoms with E-state index in [-0.39, 0.29) is 25.2 Å². The van der Waals surface area contributed by atoms with Gasteiger partial charge in [-0.15, -0.1) is 0 Å². The fourth-order valence-corrected chi connectivity index (χ4v) is 4.10. The average molecular weight is 383 g/mol. The van der Waals surface area contributed by atoms with Gasteiger partial charge in [0.15, 0.2) is 0 Å². The number of amides is 2. The second-order valence-electron chi connectivity index (χ2n) is 6.61. The maximum absolute atomic E-state index is 12.5. The molecule has 1 aromatic carbocycles. The lowest BCUT2D eigenvalue weighted by molar-refractivity contribution is 0.000837. The molecule has 2 heterocycles. The molecule has 1 saturated heterocycles. The zero-order valence-electron chi connectivity index (χ0n) is 15.1. The van der Waals surface area contributed by atoms with Crippen molar-refractivity contribution < 1.29 is 22.7 Å². The number of urea groups is 1. The fraction of sp³-hybridized carbons (Fsp3) is 0.588. The zero-order chi connectivity index (χ0) is 18.7. The molecule has 0 saturated carbocycles. The van der Waals surface area contributed by atoms with Crippen LogP contribution in [0.5, 0.6) is 5.75 Å². The summed E-state index contributed by atoms with van der Waals surface area (Å²) in [6.45, 7) is 2.43. The number of morpholine rings is 1. The molecule has 0 aliphatic carbocycles. The van der Waals surface area contributed by atoms with E-state index in [1.807, 2.05) is 18.2 Å². The third-order valence-electron chi connectivity index (χ3n) is 4.76. The predicted octanol–water partition coefficient (Wildman–Crippen LogP) is 0.423. The van der Waals surface area contributed by atoms with Gasteiger partial charge in [0, 0.05) is 32.7 Å². The standard InChI is InChI=1S/C17H25N3O5S/c1-24-15-4-3-14-11-19(6-5-13(14)9-15)17(21)18-10-16-12-20(7-8-25-16)26(2,22)23/h3-4,9,16H,5-8,10-12H2,1-2H3,(H,18,21). The van der Waals surface area contributed by atoms with Gasteiger partial charge in [-0.2, -0.15) is 4.31 Å². The minimum Gasteiger partial charge on any atom is -0.497 e. The number of carbonyl (C=O) groups is 1. The molecule has 1 N–H and O–H groups in total. The molecule has 0 radical (unpaired) electrons. The van der Waals surface area contributed by atoms with Gasteiger partial charge in [0.2, 0.25) is 10.0 Å². The summed E-state index contributed by atoms with van der Waals surface area (Å²) < 4.78 is 35.5. The number of rotatable bonds is 4. The third kappa shape index (κ3) is 4.46. The van der Waals surface area contributed by atoms with Crippen molar-refractivity contribution in [2.45, 2.75) is 19.1 Å². The highest BCUT2D eigenvalue weighted by molar-refractivity contribution is 7.88. The second-order valence-corrected chi connectivity index (χ2v) is 8.59. The van der Waals surface area contributed by atoms with Gasteiger partial charge in [0.1, 0.15) is 5.75 Å². The Morgan fingerprint density at radius 2 is 2.15 bits per heavy atom. The third-order valence-corrected chi connectivity index (χ3v) is 6.03. The topological polar surface area (TPSA) is 88.2 Å². The first kappa shape index (κ1) is 18.9. The Morgan fingerprint density at radius 3 is 2.88 bits per heavy atom. The van der Waals surface area contributed by atoms with Crippen LogP contribution < -0.4 is 10.1 Å². The number of carbonyl (C=O) groups excluding carboxylic acids is 1. The van der Waals surface area contributed by atoms with Crippen molar-refractivity contribution in [2.24, 2.45) is 0 Å². The molecule has 2 aliphatic heterocycles. The highest BCUT2D eigenvalue weighted by atomic mass is 32.2. The van der Waals surface area contributed by atoms with Gasteiger partial charge in [-0.3, -0.25) is 0 Å². The van der Waals surface area contributed by atoms with Crippen LogP contribution in [0.15, 0.2) is 18.2 Å². The van der Waals surface area contributed by atoms with Crippen LogP contribution in [-0.4, -0.2) is 75.9 Å². The SMILES string of the molecule is COc1ccc2c(c1)CCN(C(=O)NCC1CN(S(C)(=O)=O)CCO1)C2. The molecule has 1 fully saturated rings. The van der Waals surface area contributed by atoms with E-state index in [1.165, 1.54) is 16.1 Å². The number of methoxy groups -OCH3 is 1. The second kappa shape index (κ2) is 7.81. The van der Waals surface area contributed by atoms with E-state index in [1.54, 1.807) is 12.0 Å². The van der Waals surface area contributed by atoms with Gasteiger partial charge in [-0.1, -0.05) is 6.07 Å². The number of hydrogen-bond acceptors (Lipinski definition) is 5. The molecule has 1 aromatic rings. The van der Waals surface area contributed by atoms with E-state index in [0.29, 0.717) is 26.2 Å². The van der Waals surface area contributed by atoms with Crippen molar-refractivity contribution >= 4 is 16.1 Å². The van der Waals surface area contributed by atoms with Gasteiger partial charge < -0.3 is 19.7 Å². The van der Waals surface area contributed by atoms with Crippen molar-refractivity contribution in [3.63, 3.8) is 0 Å². The minimum atomic E-state index is -3.24. The predicted molar refractivity (Wildman–Crippen MR) is 96.7 cm³/mol. The van der Waals surface area contributed by atoms with Crippen LogP contribution in [0.25, 0.3) is 0 Å². The maximum Gasteiger partial charge on any atom is 0.317 e. The van der Waals surface area contributed by atoms with Gasteiger partial charge in [0.05, 0.1) is 26.1 Å². The molecular weight excluding hydrogens is 358 g/mol. The maximum atomic E-state index is 12.5. The molecule has 9 heteroatoms. The van der Waals surface area contributed by atoms with Crippen LogP contribution >= 0.6 is 0 Å². The van der Waals surface area contributed by atoms with Crippen LogP contribution in [0.1, 0.15) is 11.1 Å². The van der Waals surface area contributed by atoms with Crippen molar-refractivity contribution in [1.29, 1.82) is 0 Å². The van der Waals surface area contributed by atoms with E-state index in [2.05, 4.69) is 5.32 Å². The molecule has 1 atom stereocenters. The Hall–Kier alpha value is -1.84. The Labute approximate surface area is 154 Å². The highest BCUT2D eigenvalue weighted by Gasteiger charge is 2.27. The van der Waals surface area contributed by atoms with Crippen LogP contribution in [-0.2, 0) is 27.7 Å². The quantitative estimate of drug-likeness (QED) is 0.814. The van der Waals surface area contributed by atoms with Crippen molar-refractivity contribution in [2.75, 3.05) is 46.2 Å². The number of fused-ring (bicyclic) bond motifs is 1. The zero-order valence-corrected chi connectivity index (χ0v) is 15.9. The normalized spacial score (nSPS) is 21.2. The first-order chi connectivity index (χ1) is 12.4. The van der Waals surface area contributed by atoms with Crippen LogP contribution in [0.2, 0.25) is 0 Å². The first-order valence-electron chi connectivity index (χ1n) is 8.62. The molecule has 0 spiro atoms. The van der Waals surface area contributed by atoms with Crippen LogP contribution in [0.4, 0.5) is 4.79 Å². The average Bonchev–Trinajstić information content (AvgIpc) is 2.64. The molecule has 1 unspecified atom stereocenters. The van der Waals surface area contributed by atoms with E-state index in [9.17, 15) is 13.2 Å².